The van der Waals surface area contributed by atoms with E-state index in [0.29, 0.717) is 30.4 Å². The quantitative estimate of drug-likeness (QED) is 0.731. The standard InChI is InChI=1S/C19H24FN5O2/c1-11-8-13(12-2-3-12)9-15(20)16(11)25-10-14-17(23-25)21-19(22-18(14)26)24-4-6-27-7-5-24/h8-10,12,17,19,21,23H,2-7H2,1H3,(H,22,26). The SMILES string of the molecule is Cc1cc(C2CC2)cc(F)c1N1C=C2C(=O)NC(N3CCOCC3)NC2N1. The number of benzene rings is 1. The van der Waals surface area contributed by atoms with Gasteiger partial charge in [0.2, 0.25) is 0 Å². The molecule has 5 rings (SSSR count). The second-order valence-electron chi connectivity index (χ2n) is 7.65. The third-order valence-corrected chi connectivity index (χ3v) is 5.68. The molecule has 3 fully saturated rings. The van der Waals surface area contributed by atoms with Crippen LogP contribution in [0.25, 0.3) is 0 Å². The maximum Gasteiger partial charge on any atom is 0.254 e. The highest BCUT2D eigenvalue weighted by molar-refractivity contribution is 5.96. The average molecular weight is 373 g/mol. The molecule has 1 aromatic rings. The van der Waals surface area contributed by atoms with E-state index in [0.717, 1.165) is 37.1 Å². The Hall–Kier alpha value is -2.00. The van der Waals surface area contributed by atoms with E-state index >= 15 is 0 Å². The number of hydrogen-bond donors (Lipinski definition) is 3. The molecule has 1 aliphatic carbocycles. The van der Waals surface area contributed by atoms with Crippen LogP contribution in [-0.4, -0.2) is 49.6 Å². The third-order valence-electron chi connectivity index (χ3n) is 5.68. The van der Waals surface area contributed by atoms with Gasteiger partial charge in [0.1, 0.15) is 18.3 Å². The predicted octanol–water partition coefficient (Wildman–Crippen LogP) is 0.881. The first-order valence-electron chi connectivity index (χ1n) is 9.56. The van der Waals surface area contributed by atoms with Crippen LogP contribution in [0.3, 0.4) is 0 Å². The molecule has 2 unspecified atom stereocenters. The minimum absolute atomic E-state index is 0.141. The van der Waals surface area contributed by atoms with Crippen molar-refractivity contribution in [2.45, 2.75) is 38.1 Å². The number of hydrazine groups is 1. The molecule has 1 saturated carbocycles. The molecule has 144 valence electrons. The smallest absolute Gasteiger partial charge is 0.254 e. The number of rotatable bonds is 3. The minimum atomic E-state index is -0.353. The number of fused-ring (bicyclic) bond motifs is 1. The predicted molar refractivity (Wildman–Crippen MR) is 98.1 cm³/mol. The zero-order valence-electron chi connectivity index (χ0n) is 15.3. The summed E-state index contributed by atoms with van der Waals surface area (Å²) in [6.07, 6.45) is 3.34. The lowest BCUT2D eigenvalue weighted by atomic mass is 10.1. The highest BCUT2D eigenvalue weighted by atomic mass is 19.1. The maximum atomic E-state index is 14.8. The van der Waals surface area contributed by atoms with Gasteiger partial charge in [-0.1, -0.05) is 6.07 Å². The van der Waals surface area contributed by atoms with E-state index in [1.807, 2.05) is 6.92 Å². The van der Waals surface area contributed by atoms with Gasteiger partial charge in [-0.25, -0.2) is 9.82 Å². The van der Waals surface area contributed by atoms with Gasteiger partial charge >= 0.3 is 0 Å². The Balaban J connectivity index is 1.37. The number of ether oxygens (including phenoxy) is 1. The van der Waals surface area contributed by atoms with Crippen molar-refractivity contribution < 1.29 is 13.9 Å². The van der Waals surface area contributed by atoms with E-state index in [4.69, 9.17) is 4.74 Å². The van der Waals surface area contributed by atoms with E-state index in [2.05, 4.69) is 27.0 Å². The Morgan fingerprint density at radius 1 is 1.22 bits per heavy atom. The molecule has 1 amide bonds. The molecule has 0 bridgehead atoms. The number of morpholine rings is 1. The van der Waals surface area contributed by atoms with Gasteiger partial charge < -0.3 is 10.1 Å². The fraction of sp³-hybridized carbons (Fsp3) is 0.526. The van der Waals surface area contributed by atoms with Crippen molar-refractivity contribution in [2.24, 2.45) is 0 Å². The van der Waals surface area contributed by atoms with Crippen LogP contribution in [-0.2, 0) is 9.53 Å². The summed E-state index contributed by atoms with van der Waals surface area (Å²) >= 11 is 0. The van der Waals surface area contributed by atoms with Gasteiger partial charge in [0.25, 0.3) is 5.91 Å². The fourth-order valence-corrected chi connectivity index (χ4v) is 4.07. The molecule has 2 saturated heterocycles. The Morgan fingerprint density at radius 2 is 2.00 bits per heavy atom. The second-order valence-corrected chi connectivity index (χ2v) is 7.65. The monoisotopic (exact) mass is 373 g/mol. The Morgan fingerprint density at radius 3 is 2.70 bits per heavy atom. The normalized spacial score (nSPS) is 28.7. The number of anilines is 1. The molecule has 3 aliphatic heterocycles. The lowest BCUT2D eigenvalue weighted by Crippen LogP contribution is -2.68. The first-order chi connectivity index (χ1) is 13.1. The van der Waals surface area contributed by atoms with Gasteiger partial charge in [-0.2, -0.15) is 0 Å². The molecule has 4 aliphatic rings. The Bertz CT molecular complexity index is 780. The number of nitrogens with one attached hydrogen (secondary N) is 3. The summed E-state index contributed by atoms with van der Waals surface area (Å²) in [5.74, 6) is 0.101. The van der Waals surface area contributed by atoms with Gasteiger partial charge in [0, 0.05) is 19.3 Å². The molecule has 3 N–H and O–H groups in total. The van der Waals surface area contributed by atoms with Crippen molar-refractivity contribution >= 4 is 11.6 Å². The number of nitrogens with zero attached hydrogens (tertiary/aromatic N) is 2. The van der Waals surface area contributed by atoms with Crippen LogP contribution < -0.4 is 21.1 Å². The summed E-state index contributed by atoms with van der Waals surface area (Å²) < 4.78 is 20.2. The first-order valence-corrected chi connectivity index (χ1v) is 9.56. The van der Waals surface area contributed by atoms with Crippen LogP contribution in [0.2, 0.25) is 0 Å². The van der Waals surface area contributed by atoms with Crippen LogP contribution in [0.4, 0.5) is 10.1 Å². The van der Waals surface area contributed by atoms with Gasteiger partial charge in [-0.05, 0) is 42.9 Å². The number of halogens is 1. The van der Waals surface area contributed by atoms with Crippen LogP contribution >= 0.6 is 0 Å². The molecule has 27 heavy (non-hydrogen) atoms. The number of aryl methyl sites for hydroxylation is 1. The van der Waals surface area contributed by atoms with Gasteiger partial charge in [0.05, 0.1) is 24.5 Å². The van der Waals surface area contributed by atoms with Crippen molar-refractivity contribution in [3.63, 3.8) is 0 Å². The highest BCUT2D eigenvalue weighted by Crippen LogP contribution is 2.42. The number of carbonyl (C=O) groups is 1. The van der Waals surface area contributed by atoms with Crippen molar-refractivity contribution in [1.29, 1.82) is 0 Å². The molecule has 3 heterocycles. The maximum absolute atomic E-state index is 14.8. The first kappa shape index (κ1) is 17.1. The van der Waals surface area contributed by atoms with Crippen LogP contribution in [0, 0.1) is 12.7 Å². The molecule has 2 atom stereocenters. The molecule has 0 radical (unpaired) electrons. The van der Waals surface area contributed by atoms with Gasteiger partial charge in [-0.3, -0.25) is 20.0 Å². The van der Waals surface area contributed by atoms with E-state index in [1.165, 1.54) is 0 Å². The molecule has 0 spiro atoms. The van der Waals surface area contributed by atoms with E-state index in [9.17, 15) is 9.18 Å². The van der Waals surface area contributed by atoms with Crippen LogP contribution in [0.5, 0.6) is 0 Å². The largest absolute Gasteiger partial charge is 0.379 e. The highest BCUT2D eigenvalue weighted by Gasteiger charge is 2.39. The lowest BCUT2D eigenvalue weighted by molar-refractivity contribution is -0.123. The molecule has 0 aromatic heterocycles. The average Bonchev–Trinajstić information content (AvgIpc) is 3.42. The van der Waals surface area contributed by atoms with Crippen molar-refractivity contribution in [3.8, 4) is 0 Å². The zero-order valence-corrected chi connectivity index (χ0v) is 15.3. The summed E-state index contributed by atoms with van der Waals surface area (Å²) in [6, 6.07) is 3.69. The summed E-state index contributed by atoms with van der Waals surface area (Å²) in [7, 11) is 0. The van der Waals surface area contributed by atoms with E-state index < -0.39 is 0 Å². The minimum Gasteiger partial charge on any atom is -0.379 e. The number of hydrogen-bond acceptors (Lipinski definition) is 6. The zero-order chi connectivity index (χ0) is 18.5. The van der Waals surface area contributed by atoms with Crippen LogP contribution in [0.1, 0.15) is 29.9 Å². The third kappa shape index (κ3) is 3.12. The fourth-order valence-electron chi connectivity index (χ4n) is 4.07. The van der Waals surface area contributed by atoms with Crippen molar-refractivity contribution in [3.05, 3.63) is 40.8 Å². The lowest BCUT2D eigenvalue weighted by Gasteiger charge is -2.40. The molecule has 1 aromatic carbocycles. The second kappa shape index (κ2) is 6.56. The Kier molecular flexibility index (Phi) is 4.16. The summed E-state index contributed by atoms with van der Waals surface area (Å²) in [5, 5.41) is 8.01. The number of amides is 1. The molecule has 8 heteroatoms. The number of carbonyl (C=O) groups excluding carboxylic acids is 1. The van der Waals surface area contributed by atoms with Gasteiger partial charge in [-0.15, -0.1) is 0 Å². The van der Waals surface area contributed by atoms with E-state index in [-0.39, 0.29) is 24.2 Å². The van der Waals surface area contributed by atoms with E-state index in [1.54, 1.807) is 17.3 Å². The molecular formula is C19H24FN5O2. The molecule has 7 nitrogen and oxygen atoms in total. The Labute approximate surface area is 157 Å². The summed E-state index contributed by atoms with van der Waals surface area (Å²) in [6.45, 7) is 4.72. The van der Waals surface area contributed by atoms with Crippen molar-refractivity contribution in [1.82, 2.24) is 21.0 Å². The van der Waals surface area contributed by atoms with Crippen LogP contribution in [0.15, 0.2) is 23.9 Å². The van der Waals surface area contributed by atoms with Crippen molar-refractivity contribution in [2.75, 3.05) is 31.3 Å². The van der Waals surface area contributed by atoms with Gasteiger partial charge in [0.15, 0.2) is 0 Å². The topological polar surface area (TPSA) is 68.9 Å². The summed E-state index contributed by atoms with van der Waals surface area (Å²) in [4.78, 5) is 14.7. The summed E-state index contributed by atoms with van der Waals surface area (Å²) in [5.41, 5.74) is 6.19. The molecular weight excluding hydrogens is 349 g/mol.